The molecular formula is C23H34N4O8. The van der Waals surface area contributed by atoms with Crippen molar-refractivity contribution in [2.75, 3.05) is 6.61 Å². The van der Waals surface area contributed by atoms with Crippen molar-refractivity contribution >= 4 is 29.7 Å². The van der Waals surface area contributed by atoms with Crippen molar-refractivity contribution in [2.24, 2.45) is 11.7 Å². The van der Waals surface area contributed by atoms with E-state index in [-0.39, 0.29) is 19.3 Å². The molecule has 12 nitrogen and oxygen atoms in total. The van der Waals surface area contributed by atoms with Crippen LogP contribution in [0.15, 0.2) is 30.3 Å². The molecule has 194 valence electrons. The van der Waals surface area contributed by atoms with Crippen LogP contribution in [0.2, 0.25) is 0 Å². The Morgan fingerprint density at radius 3 is 2.03 bits per heavy atom. The number of benzene rings is 1. The first-order valence-electron chi connectivity index (χ1n) is 11.3. The van der Waals surface area contributed by atoms with E-state index < -0.39 is 66.4 Å². The van der Waals surface area contributed by atoms with Gasteiger partial charge in [-0.2, -0.15) is 0 Å². The number of carboxylic acid groups (broad SMARTS) is 2. The zero-order valence-corrected chi connectivity index (χ0v) is 19.8. The van der Waals surface area contributed by atoms with Gasteiger partial charge in [0.1, 0.15) is 18.1 Å². The molecular weight excluding hydrogens is 460 g/mol. The zero-order valence-electron chi connectivity index (χ0n) is 19.8. The maximum Gasteiger partial charge on any atom is 0.328 e. The Morgan fingerprint density at radius 1 is 0.914 bits per heavy atom. The van der Waals surface area contributed by atoms with Gasteiger partial charge in [-0.05, 0) is 17.9 Å². The van der Waals surface area contributed by atoms with Crippen molar-refractivity contribution in [3.05, 3.63) is 35.9 Å². The highest BCUT2D eigenvalue weighted by molar-refractivity contribution is 5.94. The third-order valence-corrected chi connectivity index (χ3v) is 5.51. The highest BCUT2D eigenvalue weighted by Crippen LogP contribution is 2.11. The molecule has 0 heterocycles. The average molecular weight is 495 g/mol. The van der Waals surface area contributed by atoms with Crippen LogP contribution in [-0.2, 0) is 30.4 Å². The lowest BCUT2D eigenvalue weighted by Crippen LogP contribution is -2.59. The van der Waals surface area contributed by atoms with Crippen LogP contribution in [0.1, 0.15) is 38.7 Å². The van der Waals surface area contributed by atoms with Gasteiger partial charge in [0.25, 0.3) is 0 Å². The van der Waals surface area contributed by atoms with Crippen LogP contribution in [0.3, 0.4) is 0 Å². The smallest absolute Gasteiger partial charge is 0.328 e. The molecule has 5 atom stereocenters. The monoisotopic (exact) mass is 494 g/mol. The molecule has 0 aliphatic rings. The first kappa shape index (κ1) is 29.5. The molecule has 0 saturated heterocycles. The highest BCUT2D eigenvalue weighted by atomic mass is 16.4. The second kappa shape index (κ2) is 14.7. The van der Waals surface area contributed by atoms with Crippen molar-refractivity contribution < 1.29 is 39.3 Å². The highest BCUT2D eigenvalue weighted by Gasteiger charge is 2.32. The minimum Gasteiger partial charge on any atom is -0.481 e. The Balaban J connectivity index is 3.08. The first-order chi connectivity index (χ1) is 16.5. The minimum atomic E-state index is -1.54. The van der Waals surface area contributed by atoms with Crippen LogP contribution in [0, 0.1) is 5.92 Å². The summed E-state index contributed by atoms with van der Waals surface area (Å²) in [6, 6.07) is 3.78. The van der Waals surface area contributed by atoms with Gasteiger partial charge in [0.2, 0.25) is 17.7 Å². The van der Waals surface area contributed by atoms with Crippen LogP contribution in [0.4, 0.5) is 0 Å². The van der Waals surface area contributed by atoms with Crippen LogP contribution in [-0.4, -0.2) is 75.8 Å². The van der Waals surface area contributed by atoms with E-state index in [1.54, 1.807) is 44.2 Å². The van der Waals surface area contributed by atoms with Crippen molar-refractivity contribution in [2.45, 2.75) is 63.7 Å². The number of aliphatic hydroxyl groups is 1. The molecule has 12 heteroatoms. The van der Waals surface area contributed by atoms with Gasteiger partial charge in [0.15, 0.2) is 0 Å². The van der Waals surface area contributed by atoms with Crippen LogP contribution in [0.25, 0.3) is 0 Å². The number of nitrogens with two attached hydrogens (primary N) is 1. The third-order valence-electron chi connectivity index (χ3n) is 5.51. The molecule has 1 aromatic rings. The fraction of sp³-hybridized carbons (Fsp3) is 0.522. The molecule has 0 fully saturated rings. The van der Waals surface area contributed by atoms with Crippen LogP contribution in [0.5, 0.6) is 0 Å². The van der Waals surface area contributed by atoms with E-state index in [9.17, 15) is 29.1 Å². The Kier molecular flexibility index (Phi) is 12.4. The maximum atomic E-state index is 13.2. The number of carbonyl (C=O) groups excluding carboxylic acids is 3. The Morgan fingerprint density at radius 2 is 1.51 bits per heavy atom. The Bertz CT molecular complexity index is 880. The summed E-state index contributed by atoms with van der Waals surface area (Å²) in [6.07, 6.45) is 0.0742. The van der Waals surface area contributed by atoms with Gasteiger partial charge in [0, 0.05) is 12.8 Å². The second-order valence-electron chi connectivity index (χ2n) is 8.24. The summed E-state index contributed by atoms with van der Waals surface area (Å²) in [5.74, 6) is -5.17. The van der Waals surface area contributed by atoms with Gasteiger partial charge >= 0.3 is 11.9 Å². The molecule has 35 heavy (non-hydrogen) atoms. The summed E-state index contributed by atoms with van der Waals surface area (Å²) in [5.41, 5.74) is 6.49. The van der Waals surface area contributed by atoms with Gasteiger partial charge in [-0.25, -0.2) is 4.79 Å². The molecule has 0 aliphatic carbocycles. The third kappa shape index (κ3) is 10.1. The number of carbonyl (C=O) groups is 5. The molecule has 0 bridgehead atoms. The quantitative estimate of drug-likeness (QED) is 0.159. The normalized spacial score (nSPS) is 15.1. The first-order valence-corrected chi connectivity index (χ1v) is 11.3. The average Bonchev–Trinajstić information content (AvgIpc) is 2.83. The molecule has 1 rings (SSSR count). The summed E-state index contributed by atoms with van der Waals surface area (Å²) < 4.78 is 0. The Hall–Kier alpha value is -3.51. The summed E-state index contributed by atoms with van der Waals surface area (Å²) in [4.78, 5) is 60.4. The summed E-state index contributed by atoms with van der Waals surface area (Å²) in [5, 5.41) is 34.4. The van der Waals surface area contributed by atoms with E-state index in [1.165, 1.54) is 0 Å². The van der Waals surface area contributed by atoms with E-state index in [4.69, 9.17) is 15.9 Å². The topological polar surface area (TPSA) is 208 Å². The number of amides is 3. The van der Waals surface area contributed by atoms with Gasteiger partial charge in [-0.3, -0.25) is 19.2 Å². The number of hydrogen-bond acceptors (Lipinski definition) is 7. The molecule has 5 unspecified atom stereocenters. The molecule has 8 N–H and O–H groups in total. The SMILES string of the molecule is CCC(C)C(NC(=O)C(Cc1ccccc1)NC(=O)C(N)CCC(=O)O)C(=O)NC(CO)C(=O)O. The lowest BCUT2D eigenvalue weighted by Gasteiger charge is -2.28. The summed E-state index contributed by atoms with van der Waals surface area (Å²) >= 11 is 0. The van der Waals surface area contributed by atoms with E-state index in [2.05, 4.69) is 16.0 Å². The second-order valence-corrected chi connectivity index (χ2v) is 8.24. The number of aliphatic hydroxyl groups excluding tert-OH is 1. The van der Waals surface area contributed by atoms with Crippen molar-refractivity contribution in [3.63, 3.8) is 0 Å². The van der Waals surface area contributed by atoms with E-state index in [0.29, 0.717) is 12.0 Å². The van der Waals surface area contributed by atoms with Crippen molar-refractivity contribution in [3.8, 4) is 0 Å². The number of nitrogens with one attached hydrogen (secondary N) is 3. The zero-order chi connectivity index (χ0) is 26.5. The minimum absolute atomic E-state index is 0.0628. The van der Waals surface area contributed by atoms with E-state index in [0.717, 1.165) is 0 Å². The summed E-state index contributed by atoms with van der Waals surface area (Å²) in [7, 11) is 0. The number of aliphatic carboxylic acids is 2. The number of hydrogen-bond donors (Lipinski definition) is 7. The van der Waals surface area contributed by atoms with Crippen molar-refractivity contribution in [1.29, 1.82) is 0 Å². The summed E-state index contributed by atoms with van der Waals surface area (Å²) in [6.45, 7) is 2.64. The van der Waals surface area contributed by atoms with Crippen molar-refractivity contribution in [1.82, 2.24) is 16.0 Å². The lowest BCUT2D eigenvalue weighted by atomic mass is 9.96. The molecule has 1 aromatic carbocycles. The van der Waals surface area contributed by atoms with E-state index in [1.807, 2.05) is 0 Å². The molecule has 0 saturated carbocycles. The van der Waals surface area contributed by atoms with Gasteiger partial charge < -0.3 is 37.0 Å². The molecule has 3 amide bonds. The largest absolute Gasteiger partial charge is 0.481 e. The number of rotatable bonds is 15. The molecule has 0 spiro atoms. The predicted molar refractivity (Wildman–Crippen MR) is 125 cm³/mol. The van der Waals surface area contributed by atoms with E-state index >= 15 is 0 Å². The number of carboxylic acids is 2. The standard InChI is InChI=1S/C23H34N4O8/c1-3-13(2)19(22(33)26-17(12-28)23(34)35)27-21(32)16(11-14-7-5-4-6-8-14)25-20(31)15(24)9-10-18(29)30/h4-8,13,15-17,19,28H,3,9-12,24H2,1-2H3,(H,25,31)(H,26,33)(H,27,32)(H,29,30)(H,34,35). The van der Waals surface area contributed by atoms with Crippen LogP contribution >= 0.6 is 0 Å². The lowest BCUT2D eigenvalue weighted by molar-refractivity contribution is -0.143. The van der Waals surface area contributed by atoms with Gasteiger partial charge in [-0.1, -0.05) is 50.6 Å². The fourth-order valence-corrected chi connectivity index (χ4v) is 3.15. The fourth-order valence-electron chi connectivity index (χ4n) is 3.15. The van der Waals surface area contributed by atoms with Gasteiger partial charge in [-0.15, -0.1) is 0 Å². The molecule has 0 aliphatic heterocycles. The predicted octanol–water partition coefficient (Wildman–Crippen LogP) is -1.00. The molecule has 0 aromatic heterocycles. The van der Waals surface area contributed by atoms with Gasteiger partial charge in [0.05, 0.1) is 12.6 Å². The van der Waals surface area contributed by atoms with Crippen LogP contribution < -0.4 is 21.7 Å². The maximum absolute atomic E-state index is 13.2. The molecule has 0 radical (unpaired) electrons. The Labute approximate surface area is 203 Å².